The summed E-state index contributed by atoms with van der Waals surface area (Å²) in [5, 5.41) is 3.45. The van der Waals surface area contributed by atoms with E-state index in [9.17, 15) is 9.59 Å². The van der Waals surface area contributed by atoms with Gasteiger partial charge in [0.05, 0.1) is 5.92 Å². The van der Waals surface area contributed by atoms with Crippen LogP contribution < -0.4 is 5.32 Å². The van der Waals surface area contributed by atoms with Gasteiger partial charge in [-0.1, -0.05) is 12.1 Å². The number of H-pyrrole nitrogens is 1. The SMILES string of the molecule is O=C1CCC(c2cccc3[nH]ccc23)C(=O)N1. The summed E-state index contributed by atoms with van der Waals surface area (Å²) in [6.45, 7) is 0. The molecule has 2 aromatic rings. The van der Waals surface area contributed by atoms with Crippen molar-refractivity contribution in [3.8, 4) is 0 Å². The van der Waals surface area contributed by atoms with E-state index in [2.05, 4.69) is 10.3 Å². The topological polar surface area (TPSA) is 62.0 Å². The van der Waals surface area contributed by atoms with E-state index in [-0.39, 0.29) is 17.7 Å². The zero-order chi connectivity index (χ0) is 11.8. The van der Waals surface area contributed by atoms with Crippen LogP contribution in [0.3, 0.4) is 0 Å². The van der Waals surface area contributed by atoms with Crippen LogP contribution in [0.4, 0.5) is 0 Å². The molecule has 1 saturated heterocycles. The zero-order valence-corrected chi connectivity index (χ0v) is 9.19. The third-order valence-corrected chi connectivity index (χ3v) is 3.24. The Morgan fingerprint density at radius 2 is 2.06 bits per heavy atom. The molecule has 1 unspecified atom stereocenters. The van der Waals surface area contributed by atoms with Crippen LogP contribution in [0.5, 0.6) is 0 Å². The van der Waals surface area contributed by atoms with Gasteiger partial charge in [0.1, 0.15) is 0 Å². The Labute approximate surface area is 98.0 Å². The predicted octanol–water partition coefficient (Wildman–Crippen LogP) is 1.69. The quantitative estimate of drug-likeness (QED) is 0.729. The van der Waals surface area contributed by atoms with Crippen LogP contribution >= 0.6 is 0 Å². The van der Waals surface area contributed by atoms with Crippen molar-refractivity contribution in [2.75, 3.05) is 0 Å². The summed E-state index contributed by atoms with van der Waals surface area (Å²) in [6, 6.07) is 7.83. The van der Waals surface area contributed by atoms with Gasteiger partial charge in [-0.15, -0.1) is 0 Å². The molecule has 4 nitrogen and oxygen atoms in total. The Bertz CT molecular complexity index is 600. The highest BCUT2D eigenvalue weighted by atomic mass is 16.2. The lowest BCUT2D eigenvalue weighted by molar-refractivity contribution is -0.134. The van der Waals surface area contributed by atoms with E-state index >= 15 is 0 Å². The molecule has 0 radical (unpaired) electrons. The molecule has 2 heterocycles. The van der Waals surface area contributed by atoms with Crippen LogP contribution in [0.2, 0.25) is 0 Å². The van der Waals surface area contributed by atoms with E-state index in [1.807, 2.05) is 30.5 Å². The molecular formula is C13H12N2O2. The number of hydrogen-bond donors (Lipinski definition) is 2. The molecule has 2 N–H and O–H groups in total. The molecule has 0 bridgehead atoms. The summed E-state index contributed by atoms with van der Waals surface area (Å²) >= 11 is 0. The second-order valence-electron chi connectivity index (χ2n) is 4.29. The van der Waals surface area contributed by atoms with Crippen molar-refractivity contribution in [3.63, 3.8) is 0 Å². The number of aromatic amines is 1. The summed E-state index contributed by atoms with van der Waals surface area (Å²) < 4.78 is 0. The maximum absolute atomic E-state index is 11.8. The van der Waals surface area contributed by atoms with Crippen molar-refractivity contribution in [2.45, 2.75) is 18.8 Å². The summed E-state index contributed by atoms with van der Waals surface area (Å²) in [6.07, 6.45) is 2.87. The number of rotatable bonds is 1. The van der Waals surface area contributed by atoms with Gasteiger partial charge in [-0.05, 0) is 24.1 Å². The smallest absolute Gasteiger partial charge is 0.234 e. The lowest BCUT2D eigenvalue weighted by Crippen LogP contribution is -2.39. The van der Waals surface area contributed by atoms with E-state index in [0.717, 1.165) is 16.5 Å². The molecule has 1 aromatic carbocycles. The van der Waals surface area contributed by atoms with Crippen molar-refractivity contribution in [1.82, 2.24) is 10.3 Å². The third-order valence-electron chi connectivity index (χ3n) is 3.24. The highest BCUT2D eigenvalue weighted by Gasteiger charge is 2.28. The van der Waals surface area contributed by atoms with Gasteiger partial charge in [-0.3, -0.25) is 14.9 Å². The average Bonchev–Trinajstić information content (AvgIpc) is 2.77. The fraction of sp³-hybridized carbons (Fsp3) is 0.231. The molecule has 2 amide bonds. The lowest BCUT2D eigenvalue weighted by Gasteiger charge is -2.21. The Balaban J connectivity index is 2.06. The van der Waals surface area contributed by atoms with Gasteiger partial charge in [0.15, 0.2) is 0 Å². The highest BCUT2D eigenvalue weighted by Crippen LogP contribution is 2.30. The number of imide groups is 1. The maximum Gasteiger partial charge on any atom is 0.234 e. The predicted molar refractivity (Wildman–Crippen MR) is 63.4 cm³/mol. The van der Waals surface area contributed by atoms with Crippen molar-refractivity contribution in [3.05, 3.63) is 36.0 Å². The molecule has 1 fully saturated rings. The number of fused-ring (bicyclic) bond motifs is 1. The summed E-state index contributed by atoms with van der Waals surface area (Å²) in [5.74, 6) is -0.574. The van der Waals surface area contributed by atoms with E-state index in [1.54, 1.807) is 0 Å². The van der Waals surface area contributed by atoms with E-state index in [0.29, 0.717) is 12.8 Å². The monoisotopic (exact) mass is 228 g/mol. The standard InChI is InChI=1S/C13H12N2O2/c16-12-5-4-10(13(17)15-12)8-2-1-3-11-9(8)6-7-14-11/h1-3,6-7,10,14H,4-5H2,(H,15,16,17). The molecule has 1 atom stereocenters. The van der Waals surface area contributed by atoms with Gasteiger partial charge >= 0.3 is 0 Å². The number of benzene rings is 1. The molecule has 4 heteroatoms. The number of aromatic nitrogens is 1. The van der Waals surface area contributed by atoms with Crippen molar-refractivity contribution in [2.24, 2.45) is 0 Å². The van der Waals surface area contributed by atoms with Crippen molar-refractivity contribution >= 4 is 22.7 Å². The number of hydrogen-bond acceptors (Lipinski definition) is 2. The molecule has 1 aliphatic heterocycles. The minimum atomic E-state index is -0.216. The lowest BCUT2D eigenvalue weighted by atomic mass is 9.88. The largest absolute Gasteiger partial charge is 0.361 e. The Morgan fingerprint density at radius 3 is 2.88 bits per heavy atom. The molecule has 86 valence electrons. The second kappa shape index (κ2) is 3.73. The molecule has 3 rings (SSSR count). The fourth-order valence-corrected chi connectivity index (χ4v) is 2.40. The van der Waals surface area contributed by atoms with Gasteiger partial charge in [-0.25, -0.2) is 0 Å². The average molecular weight is 228 g/mol. The Morgan fingerprint density at radius 1 is 1.18 bits per heavy atom. The molecular weight excluding hydrogens is 216 g/mol. The minimum Gasteiger partial charge on any atom is -0.361 e. The van der Waals surface area contributed by atoms with Gasteiger partial charge in [0.2, 0.25) is 11.8 Å². The molecule has 17 heavy (non-hydrogen) atoms. The van der Waals surface area contributed by atoms with Gasteiger partial charge in [0.25, 0.3) is 0 Å². The number of nitrogens with one attached hydrogen (secondary N) is 2. The molecule has 1 aromatic heterocycles. The second-order valence-corrected chi connectivity index (χ2v) is 4.29. The first-order valence-electron chi connectivity index (χ1n) is 5.65. The summed E-state index contributed by atoms with van der Waals surface area (Å²) in [5.41, 5.74) is 2.01. The van der Waals surface area contributed by atoms with Gasteiger partial charge in [0, 0.05) is 23.5 Å². The first-order chi connectivity index (χ1) is 8.25. The molecule has 0 spiro atoms. The fourth-order valence-electron chi connectivity index (χ4n) is 2.40. The number of amides is 2. The van der Waals surface area contributed by atoms with Crippen LogP contribution in [-0.2, 0) is 9.59 Å². The maximum atomic E-state index is 11.8. The van der Waals surface area contributed by atoms with E-state index in [4.69, 9.17) is 0 Å². The van der Waals surface area contributed by atoms with Crippen LogP contribution in [-0.4, -0.2) is 16.8 Å². The Kier molecular flexibility index (Phi) is 2.21. The van der Waals surface area contributed by atoms with E-state index < -0.39 is 0 Å². The van der Waals surface area contributed by atoms with Crippen molar-refractivity contribution in [1.29, 1.82) is 0 Å². The summed E-state index contributed by atoms with van der Waals surface area (Å²) in [4.78, 5) is 26.1. The summed E-state index contributed by atoms with van der Waals surface area (Å²) in [7, 11) is 0. The van der Waals surface area contributed by atoms with Crippen molar-refractivity contribution < 1.29 is 9.59 Å². The molecule has 1 aliphatic rings. The number of carbonyl (C=O) groups excluding carboxylic acids is 2. The Hall–Kier alpha value is -2.10. The normalized spacial score (nSPS) is 20.6. The van der Waals surface area contributed by atoms with E-state index in [1.165, 1.54) is 0 Å². The first kappa shape index (κ1) is 10.1. The molecule has 0 aliphatic carbocycles. The molecule has 0 saturated carbocycles. The number of piperidine rings is 1. The third kappa shape index (κ3) is 1.62. The van der Waals surface area contributed by atoms with Crippen LogP contribution in [0.15, 0.2) is 30.5 Å². The minimum absolute atomic E-state index is 0.174. The van der Waals surface area contributed by atoms with Gasteiger partial charge in [-0.2, -0.15) is 0 Å². The number of carbonyl (C=O) groups is 2. The van der Waals surface area contributed by atoms with Crippen LogP contribution in [0.1, 0.15) is 24.3 Å². The van der Waals surface area contributed by atoms with Crippen LogP contribution in [0.25, 0.3) is 10.9 Å². The highest BCUT2D eigenvalue weighted by molar-refractivity contribution is 6.02. The van der Waals surface area contributed by atoms with Gasteiger partial charge < -0.3 is 4.98 Å². The zero-order valence-electron chi connectivity index (χ0n) is 9.19. The van der Waals surface area contributed by atoms with Crippen LogP contribution in [0, 0.1) is 0 Å². The first-order valence-corrected chi connectivity index (χ1v) is 5.65.